The molecule has 3 rings (SSSR count). The van der Waals surface area contributed by atoms with Gasteiger partial charge in [0, 0.05) is 5.56 Å². The van der Waals surface area contributed by atoms with Crippen molar-refractivity contribution in [3.05, 3.63) is 42.0 Å². The van der Waals surface area contributed by atoms with E-state index in [0.29, 0.717) is 17.5 Å². The molecule has 0 bridgehead atoms. The van der Waals surface area contributed by atoms with Crippen LogP contribution in [0.1, 0.15) is 24.6 Å². The van der Waals surface area contributed by atoms with Gasteiger partial charge in [-0.15, -0.1) is 10.2 Å². The van der Waals surface area contributed by atoms with E-state index in [1.807, 2.05) is 30.3 Å². The third-order valence-corrected chi connectivity index (χ3v) is 3.25. The monoisotopic (exact) mass is 312 g/mol. The van der Waals surface area contributed by atoms with Crippen molar-refractivity contribution in [2.45, 2.75) is 26.4 Å². The number of amides is 1. The molecule has 0 aliphatic heterocycles. The molecule has 2 heterocycles. The van der Waals surface area contributed by atoms with Crippen molar-refractivity contribution in [1.82, 2.24) is 40.7 Å². The van der Waals surface area contributed by atoms with Crippen LogP contribution in [0.3, 0.4) is 0 Å². The van der Waals surface area contributed by atoms with E-state index in [0.717, 1.165) is 5.56 Å². The van der Waals surface area contributed by atoms with E-state index in [1.165, 1.54) is 4.80 Å². The zero-order valence-corrected chi connectivity index (χ0v) is 12.8. The minimum atomic E-state index is -0.583. The molecule has 0 fully saturated rings. The summed E-state index contributed by atoms with van der Waals surface area (Å²) in [6, 6.07) is 8.89. The number of nitrogens with zero attached hydrogens (tertiary/aromatic N) is 6. The fourth-order valence-electron chi connectivity index (χ4n) is 1.98. The van der Waals surface area contributed by atoms with Gasteiger partial charge < -0.3 is 5.32 Å². The average Bonchev–Trinajstić information content (AvgIpc) is 3.22. The van der Waals surface area contributed by atoms with E-state index in [1.54, 1.807) is 13.8 Å². The lowest BCUT2D eigenvalue weighted by Gasteiger charge is -2.09. The molecule has 0 saturated carbocycles. The normalized spacial score (nSPS) is 12.1. The van der Waals surface area contributed by atoms with Crippen LogP contribution in [-0.4, -0.2) is 41.3 Å². The first-order valence-electron chi connectivity index (χ1n) is 7.14. The molecule has 2 N–H and O–H groups in total. The number of carbonyl (C=O) groups excluding carboxylic acids is 1. The summed E-state index contributed by atoms with van der Waals surface area (Å²) in [6.07, 6.45) is 0. The molecule has 23 heavy (non-hydrogen) atoms. The number of H-pyrrole nitrogens is 1. The zero-order valence-electron chi connectivity index (χ0n) is 12.8. The van der Waals surface area contributed by atoms with Crippen molar-refractivity contribution in [1.29, 1.82) is 0 Å². The molecule has 1 aromatic carbocycles. The van der Waals surface area contributed by atoms with Gasteiger partial charge in [-0.05, 0) is 19.1 Å². The smallest absolute Gasteiger partial charge is 0.246 e. The molecule has 9 heteroatoms. The molecule has 1 atom stereocenters. The predicted octanol–water partition coefficient (Wildman–Crippen LogP) is 0.644. The Morgan fingerprint density at radius 3 is 2.83 bits per heavy atom. The van der Waals surface area contributed by atoms with Gasteiger partial charge >= 0.3 is 0 Å². The molecule has 0 saturated heterocycles. The Labute approximate surface area is 132 Å². The SMILES string of the molecule is Cc1nc(CNC(=O)[C@H](C)n2nnc(-c3ccccc3)n2)n[nH]1. The second-order valence-corrected chi connectivity index (χ2v) is 5.03. The predicted molar refractivity (Wildman–Crippen MR) is 80.9 cm³/mol. The first-order chi connectivity index (χ1) is 11.1. The highest BCUT2D eigenvalue weighted by atomic mass is 16.2. The summed E-state index contributed by atoms with van der Waals surface area (Å²) < 4.78 is 0. The van der Waals surface area contributed by atoms with Gasteiger partial charge in [0.05, 0.1) is 6.54 Å². The number of rotatable bonds is 5. The third kappa shape index (κ3) is 3.39. The summed E-state index contributed by atoms with van der Waals surface area (Å²) in [5.41, 5.74) is 0.850. The molecule has 0 aliphatic carbocycles. The second-order valence-electron chi connectivity index (χ2n) is 5.03. The number of hydrogen-bond donors (Lipinski definition) is 2. The van der Waals surface area contributed by atoms with Crippen LogP contribution in [0, 0.1) is 6.92 Å². The van der Waals surface area contributed by atoms with E-state index in [2.05, 4.69) is 35.9 Å². The summed E-state index contributed by atoms with van der Waals surface area (Å²) in [6.45, 7) is 3.74. The topological polar surface area (TPSA) is 114 Å². The lowest BCUT2D eigenvalue weighted by atomic mass is 10.2. The first kappa shape index (κ1) is 14.8. The molecular weight excluding hydrogens is 296 g/mol. The van der Waals surface area contributed by atoms with Crippen LogP contribution >= 0.6 is 0 Å². The Morgan fingerprint density at radius 1 is 1.35 bits per heavy atom. The molecule has 118 valence electrons. The highest BCUT2D eigenvalue weighted by Gasteiger charge is 2.18. The minimum Gasteiger partial charge on any atom is -0.347 e. The van der Waals surface area contributed by atoms with Crippen LogP contribution in [0.15, 0.2) is 30.3 Å². The number of hydrogen-bond acceptors (Lipinski definition) is 6. The van der Waals surface area contributed by atoms with E-state index in [4.69, 9.17) is 0 Å². The Hall–Kier alpha value is -3.10. The molecule has 9 nitrogen and oxygen atoms in total. The lowest BCUT2D eigenvalue weighted by molar-refractivity contribution is -0.124. The maximum absolute atomic E-state index is 12.2. The van der Waals surface area contributed by atoms with Gasteiger partial charge in [0.25, 0.3) is 0 Å². The van der Waals surface area contributed by atoms with Crippen LogP contribution in [0.4, 0.5) is 0 Å². The van der Waals surface area contributed by atoms with E-state index < -0.39 is 6.04 Å². The Balaban J connectivity index is 1.64. The van der Waals surface area contributed by atoms with E-state index in [9.17, 15) is 4.79 Å². The van der Waals surface area contributed by atoms with Crippen molar-refractivity contribution >= 4 is 5.91 Å². The summed E-state index contributed by atoms with van der Waals surface area (Å²) in [5.74, 6) is 1.48. The van der Waals surface area contributed by atoms with Gasteiger partial charge in [-0.2, -0.15) is 9.90 Å². The molecular formula is C14H16N8O. The van der Waals surface area contributed by atoms with E-state index in [-0.39, 0.29) is 12.5 Å². The minimum absolute atomic E-state index is 0.232. The molecule has 0 unspecified atom stereocenters. The fraction of sp³-hybridized carbons (Fsp3) is 0.286. The maximum atomic E-state index is 12.2. The number of benzene rings is 1. The summed E-state index contributed by atoms with van der Waals surface area (Å²) in [4.78, 5) is 17.6. The third-order valence-electron chi connectivity index (χ3n) is 3.25. The summed E-state index contributed by atoms with van der Waals surface area (Å²) in [5, 5.41) is 21.6. The Bertz CT molecular complexity index is 794. The van der Waals surface area contributed by atoms with Gasteiger partial charge in [0.1, 0.15) is 11.9 Å². The largest absolute Gasteiger partial charge is 0.347 e. The fourth-order valence-corrected chi connectivity index (χ4v) is 1.98. The van der Waals surface area contributed by atoms with Gasteiger partial charge in [0.15, 0.2) is 5.82 Å². The average molecular weight is 312 g/mol. The number of aryl methyl sites for hydroxylation is 1. The van der Waals surface area contributed by atoms with Crippen LogP contribution in [-0.2, 0) is 11.3 Å². The Morgan fingerprint density at radius 2 is 2.13 bits per heavy atom. The summed E-state index contributed by atoms with van der Waals surface area (Å²) >= 11 is 0. The van der Waals surface area contributed by atoms with Gasteiger partial charge in [-0.3, -0.25) is 9.89 Å². The number of carbonyl (C=O) groups is 1. The van der Waals surface area contributed by atoms with Crippen molar-refractivity contribution < 1.29 is 4.79 Å². The molecule has 1 amide bonds. The molecule has 0 radical (unpaired) electrons. The number of tetrazole rings is 1. The van der Waals surface area contributed by atoms with Crippen molar-refractivity contribution in [3.8, 4) is 11.4 Å². The maximum Gasteiger partial charge on any atom is 0.246 e. The van der Waals surface area contributed by atoms with Gasteiger partial charge in [-0.1, -0.05) is 30.3 Å². The van der Waals surface area contributed by atoms with Gasteiger partial charge in [-0.25, -0.2) is 4.98 Å². The molecule has 0 aliphatic rings. The second kappa shape index (κ2) is 6.34. The number of nitrogens with one attached hydrogen (secondary N) is 2. The van der Waals surface area contributed by atoms with Crippen LogP contribution < -0.4 is 5.32 Å². The van der Waals surface area contributed by atoms with Crippen LogP contribution in [0.25, 0.3) is 11.4 Å². The van der Waals surface area contributed by atoms with Crippen molar-refractivity contribution in [2.75, 3.05) is 0 Å². The quantitative estimate of drug-likeness (QED) is 0.714. The first-order valence-corrected chi connectivity index (χ1v) is 7.14. The number of aromatic amines is 1. The van der Waals surface area contributed by atoms with Gasteiger partial charge in [0.2, 0.25) is 11.7 Å². The molecule has 0 spiro atoms. The summed E-state index contributed by atoms with van der Waals surface area (Å²) in [7, 11) is 0. The van der Waals surface area contributed by atoms with Crippen molar-refractivity contribution in [2.24, 2.45) is 0 Å². The highest BCUT2D eigenvalue weighted by Crippen LogP contribution is 2.13. The molecule has 2 aromatic heterocycles. The standard InChI is InChI=1S/C14H16N8O/c1-9(14(23)15-8-12-16-10(2)17-18-12)22-20-13(19-21-22)11-6-4-3-5-7-11/h3-7,9H,8H2,1-2H3,(H,15,23)(H,16,17,18)/t9-/m0/s1. The number of aromatic nitrogens is 7. The van der Waals surface area contributed by atoms with E-state index >= 15 is 0 Å². The van der Waals surface area contributed by atoms with Crippen molar-refractivity contribution in [3.63, 3.8) is 0 Å². The Kier molecular flexibility index (Phi) is 4.09. The zero-order chi connectivity index (χ0) is 16.2. The lowest BCUT2D eigenvalue weighted by Crippen LogP contribution is -2.32. The van der Waals surface area contributed by atoms with Crippen LogP contribution in [0.5, 0.6) is 0 Å². The molecule has 3 aromatic rings. The highest BCUT2D eigenvalue weighted by molar-refractivity contribution is 5.79. The van der Waals surface area contributed by atoms with Crippen LogP contribution in [0.2, 0.25) is 0 Å².